The van der Waals surface area contributed by atoms with E-state index >= 15 is 4.39 Å². The zero-order chi connectivity index (χ0) is 56.8. The van der Waals surface area contributed by atoms with Gasteiger partial charge < -0.3 is 34.5 Å². The lowest BCUT2D eigenvalue weighted by Crippen LogP contribution is -2.60. The van der Waals surface area contributed by atoms with E-state index in [0.717, 1.165) is 88.7 Å². The first-order valence-electron chi connectivity index (χ1n) is 28.7. The number of piperidine rings is 1. The van der Waals surface area contributed by atoms with Gasteiger partial charge in [-0.05, 0) is 142 Å². The second kappa shape index (κ2) is 22.8. The van der Waals surface area contributed by atoms with E-state index in [-0.39, 0.29) is 63.8 Å². The fourth-order valence-electron chi connectivity index (χ4n) is 12.9. The van der Waals surface area contributed by atoms with E-state index in [0.29, 0.717) is 50.1 Å². The van der Waals surface area contributed by atoms with Gasteiger partial charge >= 0.3 is 5.69 Å². The molecule has 1 atom stereocenters. The van der Waals surface area contributed by atoms with Crippen molar-refractivity contribution < 1.29 is 41.8 Å². The number of aliphatic hydroxyl groups is 1. The second-order valence-electron chi connectivity index (χ2n) is 23.8. The van der Waals surface area contributed by atoms with Crippen molar-refractivity contribution in [2.45, 2.75) is 133 Å². The fourth-order valence-corrected chi connectivity index (χ4v) is 13.9. The Bertz CT molecular complexity index is 3420. The molecule has 18 nitrogen and oxygen atoms in total. The molecule has 1 amide bonds. The summed E-state index contributed by atoms with van der Waals surface area (Å²) in [5.74, 6) is 0.343. The number of carbonyl (C=O) groups excluding carboxylic acids is 1. The highest BCUT2D eigenvalue weighted by atomic mass is 32.2. The maximum atomic E-state index is 15.0. The smallest absolute Gasteiger partial charge is 0.312 e. The van der Waals surface area contributed by atoms with Crippen molar-refractivity contribution in [3.8, 4) is 23.1 Å². The Balaban J connectivity index is 0.804. The van der Waals surface area contributed by atoms with Crippen LogP contribution in [0.2, 0.25) is 0 Å². The number of anilines is 2. The molecule has 3 aromatic heterocycles. The molecule has 2 saturated heterocycles. The third-order valence-corrected chi connectivity index (χ3v) is 19.1. The van der Waals surface area contributed by atoms with E-state index in [2.05, 4.69) is 96.0 Å². The minimum atomic E-state index is -4.75. The summed E-state index contributed by atoms with van der Waals surface area (Å²) < 4.78 is 63.2. The Kier molecular flexibility index (Phi) is 15.8. The summed E-state index contributed by atoms with van der Waals surface area (Å²) in [5.41, 5.74) is 5.03. The molecule has 0 unspecified atom stereocenters. The molecule has 20 heteroatoms. The molecule has 430 valence electrons. The molecule has 5 heterocycles. The highest BCUT2D eigenvalue weighted by molar-refractivity contribution is 7.90. The number of aromatic amines is 1. The minimum Gasteiger partial charge on any atom is -0.496 e. The molecule has 0 radical (unpaired) electrons. The number of carbonyl (C=O) groups is 1. The van der Waals surface area contributed by atoms with Crippen LogP contribution in [0.4, 0.5) is 21.6 Å². The van der Waals surface area contributed by atoms with Gasteiger partial charge in [-0.2, -0.15) is 4.98 Å². The molecule has 5 fully saturated rings. The van der Waals surface area contributed by atoms with Gasteiger partial charge in [0, 0.05) is 88.0 Å². The van der Waals surface area contributed by atoms with Gasteiger partial charge in [-0.15, -0.1) is 0 Å². The van der Waals surface area contributed by atoms with Crippen LogP contribution in [0.1, 0.15) is 142 Å². The average molecular weight is 1130 g/mol. The van der Waals surface area contributed by atoms with E-state index in [4.69, 9.17) is 14.2 Å². The summed E-state index contributed by atoms with van der Waals surface area (Å²) in [5, 5.41) is 25.8. The number of nitrogens with zero attached hydrogens (tertiary/aromatic N) is 6. The number of H-pyrrole nitrogens is 1. The predicted molar refractivity (Wildman–Crippen MR) is 307 cm³/mol. The van der Waals surface area contributed by atoms with Crippen molar-refractivity contribution in [2.24, 2.45) is 11.3 Å². The van der Waals surface area contributed by atoms with E-state index in [1.54, 1.807) is 33.1 Å². The highest BCUT2D eigenvalue weighted by Crippen LogP contribution is 2.54. The van der Waals surface area contributed by atoms with Crippen molar-refractivity contribution in [1.29, 1.82) is 0 Å². The van der Waals surface area contributed by atoms with Gasteiger partial charge in [0.05, 0.1) is 41.4 Å². The number of sulfonamides is 1. The lowest BCUT2D eigenvalue weighted by atomic mass is 9.59. The number of pyridine rings is 2. The number of amides is 1. The molecular formula is C61H74FN9O9S. The minimum absolute atomic E-state index is 0.00514. The van der Waals surface area contributed by atoms with E-state index < -0.39 is 42.9 Å². The van der Waals surface area contributed by atoms with Gasteiger partial charge in [-0.1, -0.05) is 50.2 Å². The SMILES string of the molecule is CCOc1nc2[nH]cc(F)c2cc1Oc1cc(N2CCC3(CC2)CC(N2CCN(Cc4ccc(C5CC5)c(OC)c4)C[C@H]2c2ccccc2C(C)C)C3)ccc1C(=O)NS(=O)(=O)c1cnc(NCC2CCC(C)(O)CC2)c([N+](=O)[O-])c1. The summed E-state index contributed by atoms with van der Waals surface area (Å²) >= 11 is 0. The lowest BCUT2D eigenvalue weighted by Gasteiger charge is -2.58. The molecule has 11 rings (SSSR count). The monoisotopic (exact) mass is 1130 g/mol. The summed E-state index contributed by atoms with van der Waals surface area (Å²) in [6.45, 7) is 13.9. The summed E-state index contributed by atoms with van der Waals surface area (Å²) in [4.78, 5) is 44.3. The molecule has 3 saturated carbocycles. The van der Waals surface area contributed by atoms with Crippen LogP contribution in [0.15, 0.2) is 90.1 Å². The normalized spacial score (nSPS) is 21.7. The summed E-state index contributed by atoms with van der Waals surface area (Å²) in [6.07, 6.45) is 11.3. The Morgan fingerprint density at radius 1 is 0.951 bits per heavy atom. The first kappa shape index (κ1) is 56.0. The van der Waals surface area contributed by atoms with Crippen LogP contribution in [-0.2, 0) is 16.6 Å². The Hall–Kier alpha value is -6.87. The van der Waals surface area contributed by atoms with Crippen molar-refractivity contribution in [2.75, 3.05) is 63.2 Å². The number of fused-ring (bicyclic) bond motifs is 1. The Labute approximate surface area is 473 Å². The van der Waals surface area contributed by atoms with Gasteiger partial charge in [-0.25, -0.2) is 22.5 Å². The first-order chi connectivity index (χ1) is 38.9. The standard InChI is InChI=1S/C61H74FN9O9S/c1-6-79-59-55(30-49-50(62)35-65-56(49)66-59)80-54-28-42(14-16-48(54)58(72)67-81(76,77)44-29-51(71(74)75)57(64-34-44)63-33-39-17-19-60(4,73)20-18-39)69-23-21-61(22-24-69)31-43(32-61)70-26-25-68(37-52(70)47-10-8-7-9-45(47)38(2)3)36-40-11-15-46(41-12-13-41)53(27-40)78-5/h7-11,14-16,27-30,34-35,38-39,41,43,52,73H,6,12-13,17-26,31-33,36-37H2,1-5H3,(H,63,64)(H,65,66)(H,67,72)/t39?,52-,60?/m0/s1. The number of nitro groups is 1. The molecule has 6 aromatic rings. The third-order valence-electron chi connectivity index (χ3n) is 17.8. The molecule has 5 aliphatic rings. The van der Waals surface area contributed by atoms with E-state index in [1.807, 2.05) is 0 Å². The zero-order valence-electron chi connectivity index (χ0n) is 46.9. The molecule has 3 aromatic carbocycles. The van der Waals surface area contributed by atoms with Crippen LogP contribution in [0.25, 0.3) is 11.0 Å². The van der Waals surface area contributed by atoms with Crippen LogP contribution in [-0.4, -0.2) is 114 Å². The topological polar surface area (TPSA) is 218 Å². The molecule has 4 N–H and O–H groups in total. The van der Waals surface area contributed by atoms with Crippen molar-refractivity contribution in [3.05, 3.63) is 129 Å². The largest absolute Gasteiger partial charge is 0.496 e. The number of benzene rings is 3. The van der Waals surface area contributed by atoms with Crippen LogP contribution in [0.3, 0.4) is 0 Å². The maximum Gasteiger partial charge on any atom is 0.312 e. The van der Waals surface area contributed by atoms with E-state index in [1.165, 1.54) is 53.4 Å². The number of rotatable bonds is 19. The summed E-state index contributed by atoms with van der Waals surface area (Å²) in [7, 11) is -2.97. The number of ether oxygens (including phenoxy) is 3. The van der Waals surface area contributed by atoms with Crippen molar-refractivity contribution in [3.63, 3.8) is 0 Å². The molecule has 81 heavy (non-hydrogen) atoms. The average Bonchev–Trinajstić information content (AvgIpc) is 4.30. The summed E-state index contributed by atoms with van der Waals surface area (Å²) in [6, 6.07) is 23.7. The number of aromatic nitrogens is 3. The number of hydrogen-bond donors (Lipinski definition) is 4. The lowest BCUT2D eigenvalue weighted by molar-refractivity contribution is -0.384. The van der Waals surface area contributed by atoms with Crippen LogP contribution < -0.4 is 29.1 Å². The Morgan fingerprint density at radius 3 is 2.43 bits per heavy atom. The maximum absolute atomic E-state index is 15.0. The quantitative estimate of drug-likeness (QED) is 0.0438. The van der Waals surface area contributed by atoms with Gasteiger partial charge in [0.2, 0.25) is 5.82 Å². The van der Waals surface area contributed by atoms with E-state index in [9.17, 15) is 28.4 Å². The second-order valence-corrected chi connectivity index (χ2v) is 25.4. The third kappa shape index (κ3) is 12.1. The molecule has 1 spiro atoms. The van der Waals surface area contributed by atoms with Gasteiger partial charge in [0.15, 0.2) is 5.75 Å². The first-order valence-corrected chi connectivity index (χ1v) is 30.2. The number of nitrogens with one attached hydrogen (secondary N) is 3. The predicted octanol–water partition coefficient (Wildman–Crippen LogP) is 11.0. The van der Waals surface area contributed by atoms with Crippen molar-refractivity contribution >= 4 is 44.2 Å². The van der Waals surface area contributed by atoms with Crippen LogP contribution in [0, 0.1) is 27.3 Å². The zero-order valence-corrected chi connectivity index (χ0v) is 47.7. The Morgan fingerprint density at radius 2 is 1.72 bits per heavy atom. The van der Waals surface area contributed by atoms with Crippen LogP contribution >= 0.6 is 0 Å². The fraction of sp³-hybridized carbons (Fsp3) is 0.492. The number of piperazine rings is 1. The number of halogens is 1. The number of hydrogen-bond acceptors (Lipinski definition) is 15. The molecule has 2 aliphatic heterocycles. The van der Waals surface area contributed by atoms with Crippen molar-refractivity contribution in [1.82, 2.24) is 29.5 Å². The highest BCUT2D eigenvalue weighted by Gasteiger charge is 2.50. The van der Waals surface area contributed by atoms with Gasteiger partial charge in [-0.3, -0.25) is 24.7 Å². The van der Waals surface area contributed by atoms with Gasteiger partial charge in [0.1, 0.15) is 27.9 Å². The molecular weight excluding hydrogens is 1050 g/mol. The van der Waals surface area contributed by atoms with Crippen LogP contribution in [0.5, 0.6) is 23.1 Å². The molecule has 3 aliphatic carbocycles. The molecule has 0 bridgehead atoms. The van der Waals surface area contributed by atoms with Gasteiger partial charge in [0.25, 0.3) is 21.8 Å². The number of methoxy groups -OCH3 is 1.